The summed E-state index contributed by atoms with van der Waals surface area (Å²) in [5, 5.41) is 6.97. The van der Waals surface area contributed by atoms with E-state index in [2.05, 4.69) is 40.8 Å². The lowest BCUT2D eigenvalue weighted by atomic mass is 10.1. The molecule has 2 heterocycles. The topological polar surface area (TPSA) is 36.5 Å². The first-order valence-corrected chi connectivity index (χ1v) is 6.43. The second-order valence-corrected chi connectivity index (χ2v) is 4.90. The summed E-state index contributed by atoms with van der Waals surface area (Å²) in [7, 11) is 2.08. The fourth-order valence-electron chi connectivity index (χ4n) is 2.74. The molecule has 19 heavy (non-hydrogen) atoms. The molecule has 0 saturated carbocycles. The standard InChI is InChI=1S/C15H15N3O/c1-18-12-8-4-2-6-10(12)17-15-14(18)16-11-7-3-5-9-13(11)19-15/h2-9,14-17H,1H3/t14-,15-/m1/s1. The maximum absolute atomic E-state index is 6.05. The van der Waals surface area contributed by atoms with E-state index in [4.69, 9.17) is 4.74 Å². The highest BCUT2D eigenvalue weighted by molar-refractivity contribution is 5.75. The van der Waals surface area contributed by atoms with Gasteiger partial charge in [-0.3, -0.25) is 0 Å². The van der Waals surface area contributed by atoms with E-state index >= 15 is 0 Å². The quantitative estimate of drug-likeness (QED) is 0.757. The Kier molecular flexibility index (Phi) is 2.12. The minimum absolute atomic E-state index is 0.0878. The molecule has 0 aromatic heterocycles. The Labute approximate surface area is 112 Å². The van der Waals surface area contributed by atoms with Crippen LogP contribution in [0.2, 0.25) is 0 Å². The second-order valence-electron chi connectivity index (χ2n) is 4.90. The molecule has 4 heteroatoms. The minimum Gasteiger partial charge on any atom is -0.464 e. The molecule has 2 aromatic rings. The summed E-state index contributed by atoms with van der Waals surface area (Å²) in [5.74, 6) is 0.893. The average molecular weight is 253 g/mol. The van der Waals surface area contributed by atoms with Crippen LogP contribution in [-0.4, -0.2) is 19.4 Å². The third-order valence-electron chi connectivity index (χ3n) is 3.73. The lowest BCUT2D eigenvalue weighted by molar-refractivity contribution is 0.191. The van der Waals surface area contributed by atoms with Gasteiger partial charge in [-0.05, 0) is 24.3 Å². The van der Waals surface area contributed by atoms with Crippen molar-refractivity contribution in [1.82, 2.24) is 0 Å². The Bertz CT molecular complexity index is 628. The zero-order valence-electron chi connectivity index (χ0n) is 10.6. The SMILES string of the molecule is CN1c2ccccc2N[C@@H]2Oc3ccccc3N[C@@H]21. The fraction of sp³-hybridized carbons (Fsp3) is 0.200. The van der Waals surface area contributed by atoms with Gasteiger partial charge in [0.2, 0.25) is 6.23 Å². The molecule has 4 nitrogen and oxygen atoms in total. The molecule has 4 rings (SSSR count). The van der Waals surface area contributed by atoms with Crippen LogP contribution < -0.4 is 20.3 Å². The maximum atomic E-state index is 6.05. The second kappa shape index (κ2) is 3.82. The predicted molar refractivity (Wildman–Crippen MR) is 76.7 cm³/mol. The van der Waals surface area contributed by atoms with Gasteiger partial charge in [0, 0.05) is 7.05 Å². The van der Waals surface area contributed by atoms with E-state index in [0.717, 1.165) is 17.1 Å². The van der Waals surface area contributed by atoms with Crippen molar-refractivity contribution in [3.05, 3.63) is 48.5 Å². The van der Waals surface area contributed by atoms with Crippen LogP contribution in [0.4, 0.5) is 17.1 Å². The Balaban J connectivity index is 1.75. The third-order valence-corrected chi connectivity index (χ3v) is 3.73. The summed E-state index contributed by atoms with van der Waals surface area (Å²) in [6, 6.07) is 16.3. The number of hydrogen-bond donors (Lipinski definition) is 2. The van der Waals surface area contributed by atoms with Crippen LogP contribution in [0.3, 0.4) is 0 Å². The van der Waals surface area contributed by atoms with Crippen molar-refractivity contribution in [2.75, 3.05) is 22.6 Å². The summed E-state index contributed by atoms with van der Waals surface area (Å²) in [6.45, 7) is 0. The van der Waals surface area contributed by atoms with E-state index in [1.807, 2.05) is 30.3 Å². The third kappa shape index (κ3) is 1.53. The van der Waals surface area contributed by atoms with Gasteiger partial charge >= 0.3 is 0 Å². The normalized spacial score (nSPS) is 23.1. The predicted octanol–water partition coefficient (Wildman–Crippen LogP) is 2.71. The molecule has 0 amide bonds. The van der Waals surface area contributed by atoms with Crippen LogP contribution in [0.5, 0.6) is 5.75 Å². The van der Waals surface area contributed by atoms with Crippen LogP contribution in [0.25, 0.3) is 0 Å². The number of fused-ring (bicyclic) bond motifs is 3. The van der Waals surface area contributed by atoms with Crippen molar-refractivity contribution in [3.63, 3.8) is 0 Å². The molecule has 2 aliphatic rings. The van der Waals surface area contributed by atoms with Gasteiger partial charge < -0.3 is 20.3 Å². The molecule has 0 fully saturated rings. The van der Waals surface area contributed by atoms with Crippen molar-refractivity contribution < 1.29 is 4.74 Å². The maximum Gasteiger partial charge on any atom is 0.209 e. The molecular formula is C15H15N3O. The number of para-hydroxylation sites is 4. The molecule has 2 aliphatic heterocycles. The van der Waals surface area contributed by atoms with Crippen molar-refractivity contribution in [2.45, 2.75) is 12.4 Å². The summed E-state index contributed by atoms with van der Waals surface area (Å²) < 4.78 is 6.05. The smallest absolute Gasteiger partial charge is 0.209 e. The lowest BCUT2D eigenvalue weighted by Crippen LogP contribution is -2.57. The molecule has 0 bridgehead atoms. The number of hydrogen-bond acceptors (Lipinski definition) is 4. The number of nitrogens with one attached hydrogen (secondary N) is 2. The summed E-state index contributed by atoms with van der Waals surface area (Å²) in [5.41, 5.74) is 3.32. The lowest BCUT2D eigenvalue weighted by Gasteiger charge is -2.45. The zero-order chi connectivity index (χ0) is 12.8. The van der Waals surface area contributed by atoms with E-state index < -0.39 is 0 Å². The van der Waals surface area contributed by atoms with E-state index in [1.165, 1.54) is 5.69 Å². The van der Waals surface area contributed by atoms with Crippen molar-refractivity contribution >= 4 is 17.1 Å². The first kappa shape index (κ1) is 10.6. The molecule has 2 aromatic carbocycles. The first-order valence-electron chi connectivity index (χ1n) is 6.43. The van der Waals surface area contributed by atoms with Crippen LogP contribution in [0.1, 0.15) is 0 Å². The molecule has 0 unspecified atom stereocenters. The average Bonchev–Trinajstić information content (AvgIpc) is 2.46. The van der Waals surface area contributed by atoms with Gasteiger partial charge in [0.25, 0.3) is 0 Å². The van der Waals surface area contributed by atoms with Gasteiger partial charge in [-0.15, -0.1) is 0 Å². The largest absolute Gasteiger partial charge is 0.464 e. The van der Waals surface area contributed by atoms with Gasteiger partial charge in [-0.25, -0.2) is 0 Å². The van der Waals surface area contributed by atoms with Gasteiger partial charge in [0.05, 0.1) is 17.1 Å². The summed E-state index contributed by atoms with van der Waals surface area (Å²) in [6.07, 6.45) is -0.000370. The Morgan fingerprint density at radius 1 is 0.947 bits per heavy atom. The Morgan fingerprint density at radius 2 is 1.68 bits per heavy atom. The fourth-order valence-corrected chi connectivity index (χ4v) is 2.74. The van der Waals surface area contributed by atoms with Gasteiger partial charge in [-0.1, -0.05) is 24.3 Å². The van der Waals surface area contributed by atoms with Gasteiger partial charge in [0.1, 0.15) is 5.75 Å². The van der Waals surface area contributed by atoms with Gasteiger partial charge in [-0.2, -0.15) is 0 Å². The highest BCUT2D eigenvalue weighted by atomic mass is 16.5. The van der Waals surface area contributed by atoms with Crippen LogP contribution in [-0.2, 0) is 0 Å². The van der Waals surface area contributed by atoms with Gasteiger partial charge in [0.15, 0.2) is 6.17 Å². The monoisotopic (exact) mass is 253 g/mol. The Morgan fingerprint density at radius 3 is 2.58 bits per heavy atom. The van der Waals surface area contributed by atoms with E-state index in [1.54, 1.807) is 0 Å². The van der Waals surface area contributed by atoms with Crippen molar-refractivity contribution in [1.29, 1.82) is 0 Å². The number of anilines is 3. The molecule has 96 valence electrons. The molecule has 2 N–H and O–H groups in total. The molecule has 0 radical (unpaired) electrons. The number of benzene rings is 2. The summed E-state index contributed by atoms with van der Waals surface area (Å²) >= 11 is 0. The van der Waals surface area contributed by atoms with Crippen LogP contribution in [0.15, 0.2) is 48.5 Å². The molecule has 0 spiro atoms. The first-order chi connectivity index (χ1) is 9.33. The minimum atomic E-state index is -0.0881. The van der Waals surface area contributed by atoms with Crippen molar-refractivity contribution in [3.8, 4) is 5.75 Å². The number of likely N-dealkylation sites (N-methyl/N-ethyl adjacent to an activating group) is 1. The number of rotatable bonds is 0. The Hall–Kier alpha value is -2.36. The highest BCUT2D eigenvalue weighted by Crippen LogP contribution is 2.38. The molecule has 0 aliphatic carbocycles. The van der Waals surface area contributed by atoms with Crippen LogP contribution >= 0.6 is 0 Å². The molecule has 2 atom stereocenters. The summed E-state index contributed by atoms with van der Waals surface area (Å²) in [4.78, 5) is 2.21. The van der Waals surface area contributed by atoms with E-state index in [0.29, 0.717) is 0 Å². The number of nitrogens with zero attached hydrogens (tertiary/aromatic N) is 1. The van der Waals surface area contributed by atoms with Crippen molar-refractivity contribution in [2.24, 2.45) is 0 Å². The van der Waals surface area contributed by atoms with E-state index in [9.17, 15) is 0 Å². The zero-order valence-corrected chi connectivity index (χ0v) is 10.6. The highest BCUT2D eigenvalue weighted by Gasteiger charge is 2.36. The molecular weight excluding hydrogens is 238 g/mol. The number of ether oxygens (including phenoxy) is 1. The van der Waals surface area contributed by atoms with E-state index in [-0.39, 0.29) is 12.4 Å². The molecule has 0 saturated heterocycles. The van der Waals surface area contributed by atoms with Crippen LogP contribution in [0, 0.1) is 0 Å².